The first-order valence-electron chi connectivity index (χ1n) is 11.0. The van der Waals surface area contributed by atoms with Crippen molar-refractivity contribution in [3.8, 4) is 11.1 Å². The van der Waals surface area contributed by atoms with Crippen molar-refractivity contribution in [1.82, 2.24) is 10.6 Å². The van der Waals surface area contributed by atoms with E-state index in [4.69, 9.17) is 9.84 Å². The van der Waals surface area contributed by atoms with E-state index in [9.17, 15) is 14.4 Å². The van der Waals surface area contributed by atoms with E-state index in [2.05, 4.69) is 34.9 Å². The van der Waals surface area contributed by atoms with E-state index in [1.807, 2.05) is 38.1 Å². The number of ether oxygens (including phenoxy) is 1. The maximum atomic E-state index is 12.5. The fourth-order valence-corrected chi connectivity index (χ4v) is 3.98. The van der Waals surface area contributed by atoms with Crippen molar-refractivity contribution >= 4 is 18.0 Å². The van der Waals surface area contributed by atoms with Crippen LogP contribution in [0.4, 0.5) is 4.79 Å². The van der Waals surface area contributed by atoms with Gasteiger partial charge in [-0.25, -0.2) is 4.79 Å². The Balaban J connectivity index is 1.54. The average Bonchev–Trinajstić information content (AvgIpc) is 3.08. The van der Waals surface area contributed by atoms with Crippen molar-refractivity contribution in [2.24, 2.45) is 5.92 Å². The van der Waals surface area contributed by atoms with Gasteiger partial charge in [-0.15, -0.1) is 0 Å². The molecule has 170 valence electrons. The number of nitrogens with one attached hydrogen (secondary N) is 2. The second kappa shape index (κ2) is 10.8. The molecule has 0 saturated carbocycles. The molecule has 0 fully saturated rings. The van der Waals surface area contributed by atoms with Crippen LogP contribution in [0.2, 0.25) is 0 Å². The van der Waals surface area contributed by atoms with Crippen LogP contribution in [0, 0.1) is 5.92 Å². The number of rotatable bonds is 10. The predicted molar refractivity (Wildman–Crippen MR) is 121 cm³/mol. The van der Waals surface area contributed by atoms with E-state index in [0.29, 0.717) is 13.0 Å². The van der Waals surface area contributed by atoms with Crippen LogP contribution in [0.25, 0.3) is 11.1 Å². The third-order valence-corrected chi connectivity index (χ3v) is 5.75. The second-order valence-electron chi connectivity index (χ2n) is 8.37. The average molecular weight is 439 g/mol. The topological polar surface area (TPSA) is 105 Å². The minimum absolute atomic E-state index is 0.00584. The lowest BCUT2D eigenvalue weighted by molar-refractivity contribution is -0.137. The van der Waals surface area contributed by atoms with Crippen molar-refractivity contribution in [2.75, 3.05) is 13.2 Å². The first kappa shape index (κ1) is 23.3. The first-order valence-corrected chi connectivity index (χ1v) is 11.0. The lowest BCUT2D eigenvalue weighted by Gasteiger charge is -2.22. The highest BCUT2D eigenvalue weighted by molar-refractivity contribution is 5.79. The molecule has 0 spiro atoms. The van der Waals surface area contributed by atoms with Gasteiger partial charge in [0.05, 0.1) is 0 Å². The largest absolute Gasteiger partial charge is 0.481 e. The summed E-state index contributed by atoms with van der Waals surface area (Å²) in [7, 11) is 0. The Bertz CT molecular complexity index is 927. The van der Waals surface area contributed by atoms with Crippen molar-refractivity contribution in [3.63, 3.8) is 0 Å². The summed E-state index contributed by atoms with van der Waals surface area (Å²) in [5.74, 6) is -1.12. The Labute approximate surface area is 188 Å². The van der Waals surface area contributed by atoms with Gasteiger partial charge < -0.3 is 20.5 Å². The number of carboxylic acid groups (broad SMARTS) is 1. The number of carbonyl (C=O) groups is 3. The van der Waals surface area contributed by atoms with Gasteiger partial charge >= 0.3 is 12.1 Å². The van der Waals surface area contributed by atoms with Crippen LogP contribution in [-0.4, -0.2) is 42.3 Å². The molecule has 3 rings (SSSR count). The van der Waals surface area contributed by atoms with Crippen molar-refractivity contribution < 1.29 is 24.2 Å². The monoisotopic (exact) mass is 438 g/mol. The Hall–Kier alpha value is -3.35. The summed E-state index contributed by atoms with van der Waals surface area (Å²) in [6.07, 6.45) is -0.0714. The SMILES string of the molecule is CC(C)[C@@H](CC(=O)NCCCC(=O)O)NC(=O)OCC1c2ccccc2-c2ccccc21. The zero-order chi connectivity index (χ0) is 23.1. The van der Waals surface area contributed by atoms with Crippen LogP contribution in [0.15, 0.2) is 48.5 Å². The van der Waals surface area contributed by atoms with E-state index >= 15 is 0 Å². The van der Waals surface area contributed by atoms with Crippen LogP contribution in [0.1, 0.15) is 50.2 Å². The maximum Gasteiger partial charge on any atom is 0.407 e. The third-order valence-electron chi connectivity index (χ3n) is 5.75. The Morgan fingerprint density at radius 1 is 1.00 bits per heavy atom. The molecular weight excluding hydrogens is 408 g/mol. The molecule has 2 aromatic carbocycles. The molecule has 32 heavy (non-hydrogen) atoms. The van der Waals surface area contributed by atoms with Crippen LogP contribution in [-0.2, 0) is 14.3 Å². The molecule has 7 heteroatoms. The summed E-state index contributed by atoms with van der Waals surface area (Å²) in [5.41, 5.74) is 4.61. The quantitative estimate of drug-likeness (QED) is 0.488. The number of fused-ring (bicyclic) bond motifs is 3. The number of alkyl carbamates (subject to hydrolysis) is 1. The minimum atomic E-state index is -0.892. The van der Waals surface area contributed by atoms with Gasteiger partial charge in [0, 0.05) is 31.3 Å². The molecule has 0 aliphatic heterocycles. The highest BCUT2D eigenvalue weighted by Gasteiger charge is 2.29. The second-order valence-corrected chi connectivity index (χ2v) is 8.37. The van der Waals surface area contributed by atoms with Crippen LogP contribution in [0.5, 0.6) is 0 Å². The summed E-state index contributed by atoms with van der Waals surface area (Å²) in [4.78, 5) is 35.3. The van der Waals surface area contributed by atoms with Gasteiger partial charge in [0.15, 0.2) is 0 Å². The fraction of sp³-hybridized carbons (Fsp3) is 0.400. The molecule has 0 heterocycles. The lowest BCUT2D eigenvalue weighted by Crippen LogP contribution is -2.43. The first-order chi connectivity index (χ1) is 15.4. The highest BCUT2D eigenvalue weighted by atomic mass is 16.5. The summed E-state index contributed by atoms with van der Waals surface area (Å²) in [5, 5.41) is 14.2. The Morgan fingerprint density at radius 3 is 2.16 bits per heavy atom. The zero-order valence-electron chi connectivity index (χ0n) is 18.5. The smallest absolute Gasteiger partial charge is 0.407 e. The number of carboxylic acids is 1. The standard InChI is InChI=1S/C25H30N2O5/c1-16(2)22(14-23(28)26-13-7-12-24(29)30)27-25(31)32-15-21-19-10-5-3-8-17(19)18-9-4-6-11-20(18)21/h3-6,8-11,16,21-22H,7,12-15H2,1-2H3,(H,26,28)(H,27,31)(H,29,30)/t22-/m1/s1. The number of benzene rings is 2. The Kier molecular flexibility index (Phi) is 7.87. The summed E-state index contributed by atoms with van der Waals surface area (Å²) < 4.78 is 5.58. The molecule has 0 saturated heterocycles. The van der Waals surface area contributed by atoms with Crippen molar-refractivity contribution in [3.05, 3.63) is 59.7 Å². The summed E-state index contributed by atoms with van der Waals surface area (Å²) >= 11 is 0. The molecule has 7 nitrogen and oxygen atoms in total. The molecule has 0 aromatic heterocycles. The van der Waals surface area contributed by atoms with Gasteiger partial charge in [0.2, 0.25) is 5.91 Å². The van der Waals surface area contributed by atoms with Gasteiger partial charge in [0.25, 0.3) is 0 Å². The van der Waals surface area contributed by atoms with Gasteiger partial charge in [-0.3, -0.25) is 9.59 Å². The van der Waals surface area contributed by atoms with Gasteiger partial charge in [-0.05, 0) is 34.6 Å². The Morgan fingerprint density at radius 2 is 1.59 bits per heavy atom. The number of hydrogen-bond donors (Lipinski definition) is 3. The number of hydrogen-bond acceptors (Lipinski definition) is 4. The molecular formula is C25H30N2O5. The summed E-state index contributed by atoms with van der Waals surface area (Å²) in [6, 6.07) is 15.9. The molecule has 1 aliphatic rings. The van der Waals surface area contributed by atoms with Gasteiger partial charge in [0.1, 0.15) is 6.61 Å². The van der Waals surface area contributed by atoms with E-state index in [1.54, 1.807) is 0 Å². The molecule has 1 aliphatic carbocycles. The van der Waals surface area contributed by atoms with Crippen LogP contribution >= 0.6 is 0 Å². The minimum Gasteiger partial charge on any atom is -0.481 e. The zero-order valence-corrected chi connectivity index (χ0v) is 18.5. The molecule has 0 unspecified atom stereocenters. The van der Waals surface area contributed by atoms with Crippen LogP contribution < -0.4 is 10.6 Å². The van der Waals surface area contributed by atoms with E-state index in [0.717, 1.165) is 22.3 Å². The maximum absolute atomic E-state index is 12.5. The number of amides is 2. The van der Waals surface area contributed by atoms with Crippen molar-refractivity contribution in [2.45, 2.75) is 45.1 Å². The lowest BCUT2D eigenvalue weighted by atomic mass is 9.98. The van der Waals surface area contributed by atoms with E-state index in [-0.39, 0.29) is 43.2 Å². The molecule has 2 amide bonds. The molecule has 2 aromatic rings. The molecule has 3 N–H and O–H groups in total. The van der Waals surface area contributed by atoms with Crippen molar-refractivity contribution in [1.29, 1.82) is 0 Å². The van der Waals surface area contributed by atoms with Crippen LogP contribution in [0.3, 0.4) is 0 Å². The van der Waals surface area contributed by atoms with Gasteiger partial charge in [-0.2, -0.15) is 0 Å². The fourth-order valence-electron chi connectivity index (χ4n) is 3.98. The number of aliphatic carboxylic acids is 1. The predicted octanol–water partition coefficient (Wildman–Crippen LogP) is 3.92. The highest BCUT2D eigenvalue weighted by Crippen LogP contribution is 2.44. The van der Waals surface area contributed by atoms with Gasteiger partial charge in [-0.1, -0.05) is 62.4 Å². The van der Waals surface area contributed by atoms with E-state index < -0.39 is 12.1 Å². The normalized spacial score (nSPS) is 13.2. The third kappa shape index (κ3) is 5.87. The summed E-state index contributed by atoms with van der Waals surface area (Å²) in [6.45, 7) is 4.35. The van der Waals surface area contributed by atoms with E-state index in [1.165, 1.54) is 0 Å². The molecule has 0 radical (unpaired) electrons. The molecule has 1 atom stereocenters. The molecule has 0 bridgehead atoms. The number of carbonyl (C=O) groups excluding carboxylic acids is 2.